The molecule has 0 saturated heterocycles. The second-order valence-corrected chi connectivity index (χ2v) is 5.16. The summed E-state index contributed by atoms with van der Waals surface area (Å²) in [6.45, 7) is 0.370. The number of amides is 1. The smallest absolute Gasteiger partial charge is 0.307 e. The van der Waals surface area contributed by atoms with Gasteiger partial charge < -0.3 is 10.4 Å². The van der Waals surface area contributed by atoms with Crippen molar-refractivity contribution < 1.29 is 19.1 Å². The van der Waals surface area contributed by atoms with Crippen LogP contribution in [-0.2, 0) is 16.0 Å². The van der Waals surface area contributed by atoms with Gasteiger partial charge in [-0.05, 0) is 37.0 Å². The largest absolute Gasteiger partial charge is 0.481 e. The molecule has 1 aliphatic rings. The summed E-state index contributed by atoms with van der Waals surface area (Å²) in [5.41, 5.74) is 0.800. The molecule has 1 aliphatic carbocycles. The molecule has 2 N–H and O–H groups in total. The predicted octanol–water partition coefficient (Wildman–Crippen LogP) is 2.15. The quantitative estimate of drug-likeness (QED) is 0.817. The van der Waals surface area contributed by atoms with Gasteiger partial charge in [-0.15, -0.1) is 0 Å². The third-order valence-electron chi connectivity index (χ3n) is 3.69. The van der Waals surface area contributed by atoms with Gasteiger partial charge in [0.15, 0.2) is 0 Å². The Labute approximate surface area is 122 Å². The number of hydrogen-bond donors (Lipinski definition) is 2. The Kier molecular flexibility index (Phi) is 5.09. The number of benzene rings is 1. The van der Waals surface area contributed by atoms with Crippen LogP contribution < -0.4 is 5.32 Å². The van der Waals surface area contributed by atoms with E-state index in [2.05, 4.69) is 5.32 Å². The Hall–Kier alpha value is -2.17. The Morgan fingerprint density at radius 3 is 2.62 bits per heavy atom. The summed E-state index contributed by atoms with van der Waals surface area (Å²) in [4.78, 5) is 23.2. The van der Waals surface area contributed by atoms with Crippen molar-refractivity contribution in [3.05, 3.63) is 47.8 Å². The van der Waals surface area contributed by atoms with Gasteiger partial charge in [0.2, 0.25) is 5.91 Å². The van der Waals surface area contributed by atoms with Gasteiger partial charge in [-0.3, -0.25) is 9.59 Å². The fraction of sp³-hybridized carbons (Fsp3) is 0.375. The first-order valence-corrected chi connectivity index (χ1v) is 6.98. The molecule has 0 bridgehead atoms. The zero-order chi connectivity index (χ0) is 15.2. The van der Waals surface area contributed by atoms with Crippen LogP contribution >= 0.6 is 0 Å². The molecule has 0 fully saturated rings. The number of carbonyl (C=O) groups excluding carboxylic acids is 1. The van der Waals surface area contributed by atoms with E-state index in [9.17, 15) is 14.0 Å². The highest BCUT2D eigenvalue weighted by atomic mass is 19.1. The molecule has 0 spiro atoms. The van der Waals surface area contributed by atoms with E-state index in [0.29, 0.717) is 25.8 Å². The van der Waals surface area contributed by atoms with Crippen molar-refractivity contribution in [2.24, 2.45) is 11.8 Å². The lowest BCUT2D eigenvalue weighted by atomic mass is 9.82. The third-order valence-corrected chi connectivity index (χ3v) is 3.69. The SMILES string of the molecule is O=C(O)[C@H]1CC=CC[C@H]1C(=O)NCCc1cccc(F)c1. The van der Waals surface area contributed by atoms with Crippen molar-refractivity contribution >= 4 is 11.9 Å². The number of nitrogens with one attached hydrogen (secondary N) is 1. The minimum Gasteiger partial charge on any atom is -0.481 e. The minimum atomic E-state index is -0.940. The number of halogens is 1. The van der Waals surface area contributed by atoms with Gasteiger partial charge in [-0.2, -0.15) is 0 Å². The fourth-order valence-corrected chi connectivity index (χ4v) is 2.53. The first kappa shape index (κ1) is 15.2. The highest BCUT2D eigenvalue weighted by Crippen LogP contribution is 2.25. The van der Waals surface area contributed by atoms with Crippen LogP contribution in [-0.4, -0.2) is 23.5 Å². The molecular formula is C16H18FNO3. The van der Waals surface area contributed by atoms with E-state index in [0.717, 1.165) is 5.56 Å². The van der Waals surface area contributed by atoms with Crippen molar-refractivity contribution in [1.82, 2.24) is 5.32 Å². The maximum Gasteiger partial charge on any atom is 0.307 e. The van der Waals surface area contributed by atoms with Crippen LogP contribution in [0.4, 0.5) is 4.39 Å². The molecule has 0 heterocycles. The van der Waals surface area contributed by atoms with Crippen molar-refractivity contribution in [3.63, 3.8) is 0 Å². The Morgan fingerprint density at radius 1 is 1.24 bits per heavy atom. The minimum absolute atomic E-state index is 0.247. The number of carboxylic acid groups (broad SMARTS) is 1. The van der Waals surface area contributed by atoms with E-state index in [1.54, 1.807) is 18.2 Å². The summed E-state index contributed by atoms with van der Waals surface area (Å²) in [6.07, 6.45) is 5.00. The number of aliphatic carboxylic acids is 1. The molecule has 0 unspecified atom stereocenters. The van der Waals surface area contributed by atoms with E-state index < -0.39 is 17.8 Å². The van der Waals surface area contributed by atoms with Gasteiger partial charge >= 0.3 is 5.97 Å². The van der Waals surface area contributed by atoms with Crippen LogP contribution in [0.3, 0.4) is 0 Å². The molecular weight excluding hydrogens is 273 g/mol. The number of carboxylic acids is 1. The monoisotopic (exact) mass is 291 g/mol. The molecule has 112 valence electrons. The standard InChI is InChI=1S/C16H18FNO3/c17-12-5-3-4-11(10-12)8-9-18-15(19)13-6-1-2-7-14(13)16(20)21/h1-5,10,13-14H,6-9H2,(H,18,19)(H,20,21)/t13-,14+/m1/s1. The normalized spacial score (nSPS) is 21.0. The summed E-state index contributed by atoms with van der Waals surface area (Å²) >= 11 is 0. The van der Waals surface area contributed by atoms with Crippen molar-refractivity contribution in [1.29, 1.82) is 0 Å². The van der Waals surface area contributed by atoms with E-state index >= 15 is 0 Å². The zero-order valence-electron chi connectivity index (χ0n) is 11.6. The average molecular weight is 291 g/mol. The Bertz CT molecular complexity index is 556. The van der Waals surface area contributed by atoms with E-state index in [1.165, 1.54) is 12.1 Å². The molecule has 4 nitrogen and oxygen atoms in total. The third kappa shape index (κ3) is 4.15. The first-order valence-electron chi connectivity index (χ1n) is 6.98. The van der Waals surface area contributed by atoms with Crippen molar-refractivity contribution in [3.8, 4) is 0 Å². The lowest BCUT2D eigenvalue weighted by Crippen LogP contribution is -2.39. The summed E-state index contributed by atoms with van der Waals surface area (Å²) < 4.78 is 13.0. The molecule has 0 aromatic heterocycles. The highest BCUT2D eigenvalue weighted by molar-refractivity contribution is 5.85. The van der Waals surface area contributed by atoms with Gasteiger partial charge in [-0.25, -0.2) is 4.39 Å². The second-order valence-electron chi connectivity index (χ2n) is 5.16. The van der Waals surface area contributed by atoms with Gasteiger partial charge in [0.25, 0.3) is 0 Å². The van der Waals surface area contributed by atoms with E-state index in [4.69, 9.17) is 5.11 Å². The van der Waals surface area contributed by atoms with Crippen LogP contribution in [0.15, 0.2) is 36.4 Å². The second kappa shape index (κ2) is 7.02. The van der Waals surface area contributed by atoms with Crippen LogP contribution in [0.1, 0.15) is 18.4 Å². The van der Waals surface area contributed by atoms with Crippen LogP contribution in [0, 0.1) is 17.7 Å². The first-order chi connectivity index (χ1) is 10.1. The van der Waals surface area contributed by atoms with Crippen LogP contribution in [0.2, 0.25) is 0 Å². The summed E-state index contributed by atoms with van der Waals surface area (Å²) in [7, 11) is 0. The van der Waals surface area contributed by atoms with Gasteiger partial charge in [0, 0.05) is 6.54 Å². The number of rotatable bonds is 5. The molecule has 1 aromatic carbocycles. The topological polar surface area (TPSA) is 66.4 Å². The van der Waals surface area contributed by atoms with Crippen LogP contribution in [0.25, 0.3) is 0 Å². The van der Waals surface area contributed by atoms with Gasteiger partial charge in [0.1, 0.15) is 5.82 Å². The Balaban J connectivity index is 1.86. The summed E-state index contributed by atoms with van der Waals surface area (Å²) in [5.74, 6) is -2.68. The molecule has 2 atom stereocenters. The molecule has 1 amide bonds. The molecule has 2 rings (SSSR count). The number of carbonyl (C=O) groups is 2. The van der Waals surface area contributed by atoms with Gasteiger partial charge in [-0.1, -0.05) is 24.3 Å². The number of allylic oxidation sites excluding steroid dienone is 2. The molecule has 1 aromatic rings. The van der Waals surface area contributed by atoms with Crippen LogP contribution in [0.5, 0.6) is 0 Å². The number of hydrogen-bond acceptors (Lipinski definition) is 2. The molecule has 0 aliphatic heterocycles. The van der Waals surface area contributed by atoms with E-state index in [1.807, 2.05) is 6.08 Å². The molecule has 21 heavy (non-hydrogen) atoms. The predicted molar refractivity (Wildman–Crippen MR) is 76.1 cm³/mol. The summed E-state index contributed by atoms with van der Waals surface area (Å²) in [6, 6.07) is 6.21. The van der Waals surface area contributed by atoms with E-state index in [-0.39, 0.29) is 11.7 Å². The lowest BCUT2D eigenvalue weighted by Gasteiger charge is -2.24. The highest BCUT2D eigenvalue weighted by Gasteiger charge is 2.33. The molecule has 5 heteroatoms. The van der Waals surface area contributed by atoms with Crippen molar-refractivity contribution in [2.45, 2.75) is 19.3 Å². The lowest BCUT2D eigenvalue weighted by molar-refractivity contribution is -0.147. The maximum atomic E-state index is 13.0. The maximum absolute atomic E-state index is 13.0. The van der Waals surface area contributed by atoms with Crippen molar-refractivity contribution in [2.75, 3.05) is 6.54 Å². The average Bonchev–Trinajstić information content (AvgIpc) is 2.47. The zero-order valence-corrected chi connectivity index (χ0v) is 11.6. The molecule has 0 saturated carbocycles. The summed E-state index contributed by atoms with van der Waals surface area (Å²) in [5, 5.41) is 11.9. The Morgan fingerprint density at radius 2 is 1.95 bits per heavy atom. The molecule has 0 radical (unpaired) electrons. The van der Waals surface area contributed by atoms with Gasteiger partial charge in [0.05, 0.1) is 11.8 Å². The fourth-order valence-electron chi connectivity index (χ4n) is 2.53.